The third-order valence-corrected chi connectivity index (χ3v) is 2.57. The van der Waals surface area contributed by atoms with E-state index in [1.165, 1.54) is 0 Å². The molecule has 1 aromatic carbocycles. The van der Waals surface area contributed by atoms with Crippen LogP contribution in [0.1, 0.15) is 28.3 Å². The van der Waals surface area contributed by atoms with E-state index in [0.717, 1.165) is 12.0 Å². The van der Waals surface area contributed by atoms with Crippen LogP contribution in [0.15, 0.2) is 48.6 Å². The summed E-state index contributed by atoms with van der Waals surface area (Å²) in [6.07, 6.45) is 8.93. The van der Waals surface area contributed by atoms with E-state index in [0.29, 0.717) is 5.56 Å². The number of allylic oxidation sites excluding steroid dienone is 4. The number of rotatable bonds is 2. The highest BCUT2D eigenvalue weighted by Gasteiger charge is 2.15. The Balaban J connectivity index is 2.39. The second-order valence-corrected chi connectivity index (χ2v) is 3.55. The van der Waals surface area contributed by atoms with E-state index in [1.54, 1.807) is 12.1 Å². The summed E-state index contributed by atoms with van der Waals surface area (Å²) >= 11 is 0. The molecule has 1 N–H and O–H groups in total. The fourth-order valence-corrected chi connectivity index (χ4v) is 1.83. The van der Waals surface area contributed by atoms with Crippen molar-refractivity contribution in [2.75, 3.05) is 0 Å². The van der Waals surface area contributed by atoms with Gasteiger partial charge in [0.05, 0.1) is 5.56 Å². The highest BCUT2D eigenvalue weighted by molar-refractivity contribution is 5.89. The molecule has 76 valence electrons. The number of hydrogen-bond acceptors (Lipinski definition) is 1. The van der Waals surface area contributed by atoms with Gasteiger partial charge in [0.1, 0.15) is 0 Å². The smallest absolute Gasteiger partial charge is 0.335 e. The first kappa shape index (κ1) is 9.71. The summed E-state index contributed by atoms with van der Waals surface area (Å²) < 4.78 is 0. The van der Waals surface area contributed by atoms with E-state index in [4.69, 9.17) is 5.11 Å². The van der Waals surface area contributed by atoms with Gasteiger partial charge in [-0.3, -0.25) is 0 Å². The second kappa shape index (κ2) is 4.13. The van der Waals surface area contributed by atoms with Crippen molar-refractivity contribution in [2.45, 2.75) is 12.3 Å². The topological polar surface area (TPSA) is 37.3 Å². The number of carboxylic acids is 1. The largest absolute Gasteiger partial charge is 0.478 e. The summed E-state index contributed by atoms with van der Waals surface area (Å²) in [5.74, 6) is -0.657. The molecule has 2 nitrogen and oxygen atoms in total. The minimum absolute atomic E-state index is 0.197. The predicted octanol–water partition coefficient (Wildman–Crippen LogP) is 2.98. The Kier molecular flexibility index (Phi) is 2.68. The highest BCUT2D eigenvalue weighted by Crippen LogP contribution is 2.27. The Bertz CT molecular complexity index is 430. The molecule has 0 bridgehead atoms. The van der Waals surface area contributed by atoms with Gasteiger partial charge in [0.2, 0.25) is 0 Å². The van der Waals surface area contributed by atoms with Crippen molar-refractivity contribution in [3.63, 3.8) is 0 Å². The maximum atomic E-state index is 11.0. The van der Waals surface area contributed by atoms with Crippen LogP contribution in [0.3, 0.4) is 0 Å². The fraction of sp³-hybridized carbons (Fsp3) is 0.154. The number of hydrogen-bond donors (Lipinski definition) is 1. The van der Waals surface area contributed by atoms with Crippen LogP contribution >= 0.6 is 0 Å². The molecule has 2 rings (SSSR count). The standard InChI is InChI=1S/C13H12O2/c14-13(15)12-9-5-4-8-11(12)10-6-2-1-3-7-10/h1-6,8-10H,7H2,(H,14,15). The first-order chi connectivity index (χ1) is 7.29. The average molecular weight is 200 g/mol. The number of aromatic carboxylic acids is 1. The van der Waals surface area contributed by atoms with Crippen LogP contribution in [0.25, 0.3) is 0 Å². The van der Waals surface area contributed by atoms with Gasteiger partial charge in [0.15, 0.2) is 0 Å². The lowest BCUT2D eigenvalue weighted by molar-refractivity contribution is 0.0695. The Hall–Kier alpha value is -1.83. The minimum atomic E-state index is -0.853. The van der Waals surface area contributed by atoms with Crippen LogP contribution in [0.2, 0.25) is 0 Å². The molecule has 1 aliphatic carbocycles. The summed E-state index contributed by atoms with van der Waals surface area (Å²) in [6.45, 7) is 0. The molecule has 2 heteroatoms. The van der Waals surface area contributed by atoms with E-state index >= 15 is 0 Å². The van der Waals surface area contributed by atoms with Gasteiger partial charge in [0, 0.05) is 5.92 Å². The van der Waals surface area contributed by atoms with E-state index in [2.05, 4.69) is 6.08 Å². The molecule has 1 unspecified atom stereocenters. The quantitative estimate of drug-likeness (QED) is 0.796. The van der Waals surface area contributed by atoms with Crippen molar-refractivity contribution in [1.82, 2.24) is 0 Å². The summed E-state index contributed by atoms with van der Waals surface area (Å²) in [6, 6.07) is 7.19. The molecule has 0 radical (unpaired) electrons. The van der Waals surface area contributed by atoms with Gasteiger partial charge in [-0.05, 0) is 18.1 Å². The second-order valence-electron chi connectivity index (χ2n) is 3.55. The average Bonchev–Trinajstić information content (AvgIpc) is 2.30. The molecule has 0 saturated heterocycles. The SMILES string of the molecule is O=C(O)c1ccccc1C1C=CC=CC1. The molecule has 1 aliphatic rings. The lowest BCUT2D eigenvalue weighted by atomic mass is 9.89. The first-order valence-electron chi connectivity index (χ1n) is 4.94. The Morgan fingerprint density at radius 1 is 1.27 bits per heavy atom. The molecule has 0 saturated carbocycles. The fourth-order valence-electron chi connectivity index (χ4n) is 1.83. The zero-order valence-corrected chi connectivity index (χ0v) is 8.26. The third kappa shape index (κ3) is 1.99. The van der Waals surface area contributed by atoms with Crippen LogP contribution in [0, 0.1) is 0 Å². The molecule has 0 amide bonds. The Labute approximate surface area is 88.6 Å². The van der Waals surface area contributed by atoms with Gasteiger partial charge in [0.25, 0.3) is 0 Å². The Morgan fingerprint density at radius 3 is 2.73 bits per heavy atom. The van der Waals surface area contributed by atoms with E-state index in [-0.39, 0.29) is 5.92 Å². The number of carbonyl (C=O) groups is 1. The number of benzene rings is 1. The summed E-state index contributed by atoms with van der Waals surface area (Å²) in [5.41, 5.74) is 1.30. The normalized spacial score (nSPS) is 19.1. The lowest BCUT2D eigenvalue weighted by Crippen LogP contribution is -2.06. The zero-order valence-electron chi connectivity index (χ0n) is 8.26. The molecular formula is C13H12O2. The van der Waals surface area contributed by atoms with Crippen LogP contribution in [-0.2, 0) is 0 Å². The van der Waals surface area contributed by atoms with E-state index in [9.17, 15) is 4.79 Å². The first-order valence-corrected chi connectivity index (χ1v) is 4.94. The van der Waals surface area contributed by atoms with Gasteiger partial charge in [-0.2, -0.15) is 0 Å². The van der Waals surface area contributed by atoms with Crippen molar-refractivity contribution in [1.29, 1.82) is 0 Å². The molecule has 0 aliphatic heterocycles. The molecule has 0 spiro atoms. The van der Waals surface area contributed by atoms with Gasteiger partial charge < -0.3 is 5.11 Å². The zero-order chi connectivity index (χ0) is 10.7. The summed E-state index contributed by atoms with van der Waals surface area (Å²) in [4.78, 5) is 11.0. The number of carboxylic acid groups (broad SMARTS) is 1. The minimum Gasteiger partial charge on any atom is -0.478 e. The monoisotopic (exact) mass is 200 g/mol. The van der Waals surface area contributed by atoms with Gasteiger partial charge in [-0.15, -0.1) is 0 Å². The molecule has 1 atom stereocenters. The van der Waals surface area contributed by atoms with E-state index in [1.807, 2.05) is 30.4 Å². The third-order valence-electron chi connectivity index (χ3n) is 2.57. The van der Waals surface area contributed by atoms with Crippen LogP contribution < -0.4 is 0 Å². The lowest BCUT2D eigenvalue weighted by Gasteiger charge is -2.15. The van der Waals surface area contributed by atoms with Crippen LogP contribution in [0.4, 0.5) is 0 Å². The summed E-state index contributed by atoms with van der Waals surface area (Å²) in [5, 5.41) is 9.05. The van der Waals surface area contributed by atoms with Gasteiger partial charge >= 0.3 is 5.97 Å². The molecule has 15 heavy (non-hydrogen) atoms. The maximum absolute atomic E-state index is 11.0. The predicted molar refractivity (Wildman–Crippen MR) is 59.0 cm³/mol. The maximum Gasteiger partial charge on any atom is 0.335 e. The van der Waals surface area contributed by atoms with Crippen molar-refractivity contribution in [2.24, 2.45) is 0 Å². The van der Waals surface area contributed by atoms with Gasteiger partial charge in [-0.25, -0.2) is 4.79 Å². The van der Waals surface area contributed by atoms with Crippen LogP contribution in [0.5, 0.6) is 0 Å². The van der Waals surface area contributed by atoms with Crippen molar-refractivity contribution >= 4 is 5.97 Å². The molecule has 0 aromatic heterocycles. The molecule has 0 fully saturated rings. The van der Waals surface area contributed by atoms with Crippen molar-refractivity contribution in [3.05, 3.63) is 59.7 Å². The van der Waals surface area contributed by atoms with Crippen molar-refractivity contribution < 1.29 is 9.90 Å². The Morgan fingerprint density at radius 2 is 2.07 bits per heavy atom. The molecule has 0 heterocycles. The van der Waals surface area contributed by atoms with E-state index < -0.39 is 5.97 Å². The van der Waals surface area contributed by atoms with Crippen molar-refractivity contribution in [3.8, 4) is 0 Å². The van der Waals surface area contributed by atoms with Crippen LogP contribution in [-0.4, -0.2) is 11.1 Å². The molecule has 1 aromatic rings. The van der Waals surface area contributed by atoms with Gasteiger partial charge in [-0.1, -0.05) is 42.5 Å². The summed E-state index contributed by atoms with van der Waals surface area (Å²) in [7, 11) is 0. The highest BCUT2D eigenvalue weighted by atomic mass is 16.4. The molecular weight excluding hydrogens is 188 g/mol.